The monoisotopic (exact) mass is 353 g/mol. The zero-order valence-corrected chi connectivity index (χ0v) is 13.8. The van der Waals surface area contributed by atoms with Crippen LogP contribution in [0.3, 0.4) is 0 Å². The Morgan fingerprint density at radius 2 is 2.16 bits per heavy atom. The van der Waals surface area contributed by atoms with Gasteiger partial charge in [0.25, 0.3) is 0 Å². The van der Waals surface area contributed by atoms with Crippen molar-refractivity contribution in [1.82, 2.24) is 0 Å². The van der Waals surface area contributed by atoms with E-state index in [0.29, 0.717) is 0 Å². The Morgan fingerprint density at radius 1 is 1.48 bits per heavy atom. The lowest BCUT2D eigenvalue weighted by molar-refractivity contribution is -0.532. The number of hydrogen-bond acceptors (Lipinski definition) is 7. The van der Waals surface area contributed by atoms with E-state index in [1.165, 1.54) is 18.6 Å². The highest BCUT2D eigenvalue weighted by atomic mass is 16.6. The highest BCUT2D eigenvalue weighted by Crippen LogP contribution is 2.55. The van der Waals surface area contributed by atoms with E-state index in [-0.39, 0.29) is 25.0 Å². The minimum Gasteiger partial charge on any atom is -0.480 e. The molecule has 0 aromatic carbocycles. The molecule has 1 heterocycles. The van der Waals surface area contributed by atoms with Gasteiger partial charge in [-0.2, -0.15) is 0 Å². The van der Waals surface area contributed by atoms with Gasteiger partial charge in [-0.1, -0.05) is 0 Å². The summed E-state index contributed by atoms with van der Waals surface area (Å²) in [5, 5.41) is 21.5. The molecule has 2 rings (SSSR count). The normalized spacial score (nSPS) is 28.5. The number of carbonyl (C=O) groups excluding carboxylic acids is 2. The van der Waals surface area contributed by atoms with Gasteiger partial charge >= 0.3 is 11.9 Å². The molecule has 1 aliphatic rings. The number of furan rings is 1. The lowest BCUT2D eigenvalue weighted by Crippen LogP contribution is -2.43. The van der Waals surface area contributed by atoms with Gasteiger partial charge in [0, 0.05) is 16.4 Å². The molecule has 9 nitrogen and oxygen atoms in total. The number of carbonyl (C=O) groups is 3. The van der Waals surface area contributed by atoms with Gasteiger partial charge < -0.3 is 14.3 Å². The first-order valence-electron chi connectivity index (χ1n) is 7.81. The summed E-state index contributed by atoms with van der Waals surface area (Å²) in [6, 6.07) is -0.00356. The van der Waals surface area contributed by atoms with Crippen molar-refractivity contribution >= 4 is 17.7 Å². The average Bonchev–Trinajstić information content (AvgIpc) is 3.12. The summed E-state index contributed by atoms with van der Waals surface area (Å²) in [5.74, 6) is -4.95. The van der Waals surface area contributed by atoms with Gasteiger partial charge in [0.1, 0.15) is 11.2 Å². The van der Waals surface area contributed by atoms with Gasteiger partial charge in [-0.15, -0.1) is 0 Å². The van der Waals surface area contributed by atoms with E-state index in [1.807, 2.05) is 0 Å². The van der Waals surface area contributed by atoms with Crippen LogP contribution in [0.15, 0.2) is 23.0 Å². The second kappa shape index (κ2) is 7.04. The lowest BCUT2D eigenvalue weighted by atomic mass is 9.71. The van der Waals surface area contributed by atoms with Crippen LogP contribution in [0.25, 0.3) is 0 Å². The van der Waals surface area contributed by atoms with Crippen molar-refractivity contribution in [3.63, 3.8) is 0 Å². The van der Waals surface area contributed by atoms with Crippen molar-refractivity contribution in [2.75, 3.05) is 6.61 Å². The van der Waals surface area contributed by atoms with E-state index in [4.69, 9.17) is 9.15 Å². The van der Waals surface area contributed by atoms with E-state index in [9.17, 15) is 29.6 Å². The fourth-order valence-electron chi connectivity index (χ4n) is 3.81. The molecule has 1 saturated carbocycles. The topological polar surface area (TPSA) is 137 Å². The molecule has 0 bridgehead atoms. The average molecular weight is 353 g/mol. The summed E-state index contributed by atoms with van der Waals surface area (Å²) in [5.41, 5.74) is -1.73. The number of rotatable bonds is 7. The molecular formula is C16H19NO8. The molecular weight excluding hydrogens is 334 g/mol. The summed E-state index contributed by atoms with van der Waals surface area (Å²) in [4.78, 5) is 47.2. The molecule has 0 saturated heterocycles. The van der Waals surface area contributed by atoms with E-state index in [0.717, 1.165) is 6.92 Å². The number of esters is 1. The first-order valence-corrected chi connectivity index (χ1v) is 7.81. The Labute approximate surface area is 143 Å². The molecule has 0 aliphatic heterocycles. The van der Waals surface area contributed by atoms with Crippen molar-refractivity contribution < 1.29 is 33.6 Å². The minimum atomic E-state index is -1.99. The van der Waals surface area contributed by atoms with Crippen LogP contribution < -0.4 is 0 Å². The van der Waals surface area contributed by atoms with Crippen LogP contribution in [0.4, 0.5) is 0 Å². The number of carboxylic acid groups (broad SMARTS) is 1. The number of ketones is 1. The number of nitrogens with zero attached hydrogens (tertiary/aromatic N) is 1. The second-order valence-electron chi connectivity index (χ2n) is 6.12. The molecule has 0 radical (unpaired) electrons. The van der Waals surface area contributed by atoms with E-state index < -0.39 is 45.9 Å². The Balaban J connectivity index is 2.55. The molecule has 4 unspecified atom stereocenters. The highest BCUT2D eigenvalue weighted by molar-refractivity contribution is 6.03. The summed E-state index contributed by atoms with van der Waals surface area (Å²) in [6.45, 7) is 2.81. The van der Waals surface area contributed by atoms with Crippen LogP contribution >= 0.6 is 0 Å². The van der Waals surface area contributed by atoms with E-state index in [2.05, 4.69) is 0 Å². The quantitative estimate of drug-likeness (QED) is 0.338. The number of Topliss-reactive ketones (excluding diaryl/α,β-unsaturated/α-hetero) is 1. The molecule has 1 aliphatic carbocycles. The fraction of sp³-hybridized carbons (Fsp3) is 0.562. The predicted octanol–water partition coefficient (Wildman–Crippen LogP) is 1.64. The van der Waals surface area contributed by atoms with Gasteiger partial charge in [0.15, 0.2) is 0 Å². The third-order valence-corrected chi connectivity index (χ3v) is 4.83. The maximum atomic E-state index is 12.3. The predicted molar refractivity (Wildman–Crippen MR) is 82.3 cm³/mol. The van der Waals surface area contributed by atoms with Gasteiger partial charge in [0.05, 0.1) is 31.5 Å². The Morgan fingerprint density at radius 3 is 2.60 bits per heavy atom. The summed E-state index contributed by atoms with van der Waals surface area (Å²) >= 11 is 0. The third kappa shape index (κ3) is 3.13. The Bertz CT molecular complexity index is 666. The van der Waals surface area contributed by atoms with Crippen molar-refractivity contribution in [1.29, 1.82) is 0 Å². The van der Waals surface area contributed by atoms with Crippen molar-refractivity contribution in [3.05, 3.63) is 34.3 Å². The summed E-state index contributed by atoms with van der Waals surface area (Å²) < 4.78 is 9.78. The Hall–Kier alpha value is -2.71. The molecule has 136 valence electrons. The van der Waals surface area contributed by atoms with Crippen LogP contribution in [-0.2, 0) is 19.1 Å². The SMILES string of the molecule is CCOC(=O)CC1CC(C(C)=O)(C(=O)O)C(c2ccoc2)C1[N+](=O)[O-]. The zero-order valence-electron chi connectivity index (χ0n) is 13.8. The van der Waals surface area contributed by atoms with Gasteiger partial charge in [-0.05, 0) is 26.3 Å². The van der Waals surface area contributed by atoms with Crippen molar-refractivity contribution in [2.24, 2.45) is 11.3 Å². The largest absolute Gasteiger partial charge is 0.480 e. The van der Waals surface area contributed by atoms with Crippen LogP contribution in [0, 0.1) is 21.4 Å². The number of aliphatic carboxylic acids is 1. The maximum absolute atomic E-state index is 12.3. The molecule has 9 heteroatoms. The lowest BCUT2D eigenvalue weighted by Gasteiger charge is -2.27. The van der Waals surface area contributed by atoms with Crippen molar-refractivity contribution in [2.45, 2.75) is 38.6 Å². The number of nitro groups is 1. The smallest absolute Gasteiger partial charge is 0.318 e. The first-order chi connectivity index (χ1) is 11.8. The number of ether oxygens (including phenoxy) is 1. The van der Waals surface area contributed by atoms with Crippen LogP contribution in [-0.4, -0.2) is 40.4 Å². The molecule has 1 fully saturated rings. The highest BCUT2D eigenvalue weighted by Gasteiger charge is 2.66. The molecule has 1 aromatic rings. The zero-order chi connectivity index (χ0) is 18.8. The number of carboxylic acids is 1. The fourth-order valence-corrected chi connectivity index (χ4v) is 3.81. The molecule has 1 N–H and O–H groups in total. The van der Waals surface area contributed by atoms with Crippen molar-refractivity contribution in [3.8, 4) is 0 Å². The van der Waals surface area contributed by atoms with E-state index >= 15 is 0 Å². The molecule has 1 aromatic heterocycles. The molecule has 0 spiro atoms. The first kappa shape index (κ1) is 18.6. The van der Waals surface area contributed by atoms with E-state index in [1.54, 1.807) is 6.92 Å². The van der Waals surface area contributed by atoms with Crippen LogP contribution in [0.1, 0.15) is 38.2 Å². The van der Waals surface area contributed by atoms with Crippen LogP contribution in [0.2, 0.25) is 0 Å². The molecule has 4 atom stereocenters. The molecule has 25 heavy (non-hydrogen) atoms. The van der Waals surface area contributed by atoms with Gasteiger partial charge in [-0.25, -0.2) is 0 Å². The maximum Gasteiger partial charge on any atom is 0.318 e. The summed E-state index contributed by atoms with van der Waals surface area (Å²) in [6.07, 6.45) is 1.83. The van der Waals surface area contributed by atoms with Gasteiger partial charge in [-0.3, -0.25) is 24.5 Å². The molecule has 0 amide bonds. The summed E-state index contributed by atoms with van der Waals surface area (Å²) in [7, 11) is 0. The number of hydrogen-bond donors (Lipinski definition) is 1. The Kier molecular flexibility index (Phi) is 5.24. The second-order valence-corrected chi connectivity index (χ2v) is 6.12. The standard InChI is InChI=1S/C16H19NO8/c1-3-25-12(19)6-11-7-16(9(2)18,15(20)21)13(14(11)17(22)23)10-4-5-24-8-10/h4-5,8,11,13-14H,3,6-7H2,1-2H3,(H,20,21). The third-order valence-electron chi connectivity index (χ3n) is 4.83. The minimum absolute atomic E-state index is 0.108. The van der Waals surface area contributed by atoms with Gasteiger partial charge in [0.2, 0.25) is 6.04 Å². The van der Waals surface area contributed by atoms with Crippen LogP contribution in [0.5, 0.6) is 0 Å².